The van der Waals surface area contributed by atoms with Gasteiger partial charge >= 0.3 is 0 Å². The topological polar surface area (TPSA) is 21.3 Å². The summed E-state index contributed by atoms with van der Waals surface area (Å²) in [4.78, 5) is 0. The van der Waals surface area contributed by atoms with Crippen molar-refractivity contribution in [1.82, 2.24) is 5.32 Å². The molecule has 2 rings (SSSR count). The van der Waals surface area contributed by atoms with Crippen LogP contribution in [0.1, 0.15) is 44.1 Å². The number of benzene rings is 1. The summed E-state index contributed by atoms with van der Waals surface area (Å²) >= 11 is 0. The van der Waals surface area contributed by atoms with E-state index in [-0.39, 0.29) is 5.82 Å². The number of nitrogens with one attached hydrogen (secondary N) is 1. The summed E-state index contributed by atoms with van der Waals surface area (Å²) < 4.78 is 19.0. The lowest BCUT2D eigenvalue weighted by Crippen LogP contribution is -2.30. The van der Waals surface area contributed by atoms with Crippen LogP contribution in [0.5, 0.6) is 5.75 Å². The van der Waals surface area contributed by atoms with Crippen LogP contribution in [-0.4, -0.2) is 20.7 Å². The summed E-state index contributed by atoms with van der Waals surface area (Å²) in [6.07, 6.45) is 4.94. The van der Waals surface area contributed by atoms with Crippen molar-refractivity contribution >= 4 is 0 Å². The quantitative estimate of drug-likeness (QED) is 0.880. The van der Waals surface area contributed by atoms with E-state index >= 15 is 0 Å². The Hall–Kier alpha value is -1.09. The molecule has 0 amide bonds. The first kappa shape index (κ1) is 15.3. The highest BCUT2D eigenvalue weighted by Crippen LogP contribution is 2.42. The first-order valence-electron chi connectivity index (χ1n) is 7.67. The van der Waals surface area contributed by atoms with Crippen molar-refractivity contribution in [2.24, 2.45) is 11.8 Å². The van der Waals surface area contributed by atoms with Crippen LogP contribution >= 0.6 is 0 Å². The molecule has 0 aliphatic heterocycles. The van der Waals surface area contributed by atoms with Gasteiger partial charge < -0.3 is 10.1 Å². The van der Waals surface area contributed by atoms with Crippen molar-refractivity contribution in [1.29, 1.82) is 0 Å². The lowest BCUT2D eigenvalue weighted by molar-refractivity contribution is 0.228. The van der Waals surface area contributed by atoms with Crippen molar-refractivity contribution < 1.29 is 9.13 Å². The predicted molar refractivity (Wildman–Crippen MR) is 80.7 cm³/mol. The van der Waals surface area contributed by atoms with Crippen LogP contribution in [0, 0.1) is 17.7 Å². The molecular weight excluding hydrogens is 253 g/mol. The van der Waals surface area contributed by atoms with Crippen molar-refractivity contribution in [3.63, 3.8) is 0 Å². The fourth-order valence-corrected chi connectivity index (χ4v) is 3.52. The zero-order valence-electron chi connectivity index (χ0n) is 12.8. The number of halogens is 1. The Morgan fingerprint density at radius 3 is 2.75 bits per heavy atom. The summed E-state index contributed by atoms with van der Waals surface area (Å²) in [5.74, 6) is 1.93. The van der Waals surface area contributed by atoms with Crippen LogP contribution in [0.2, 0.25) is 0 Å². The van der Waals surface area contributed by atoms with E-state index in [1.54, 1.807) is 12.1 Å². The fraction of sp³-hybridized carbons (Fsp3) is 0.647. The van der Waals surface area contributed by atoms with Gasteiger partial charge in [-0.1, -0.05) is 25.8 Å². The number of rotatable bonds is 5. The molecule has 3 unspecified atom stereocenters. The summed E-state index contributed by atoms with van der Waals surface area (Å²) in [6.45, 7) is 3.27. The third-order valence-electron chi connectivity index (χ3n) is 4.75. The van der Waals surface area contributed by atoms with Gasteiger partial charge in [-0.25, -0.2) is 4.39 Å². The highest BCUT2D eigenvalue weighted by atomic mass is 19.1. The van der Waals surface area contributed by atoms with Gasteiger partial charge in [-0.05, 0) is 61.9 Å². The van der Waals surface area contributed by atoms with E-state index in [0.29, 0.717) is 17.6 Å². The molecule has 1 aromatic carbocycles. The Kier molecular flexibility index (Phi) is 5.41. The van der Waals surface area contributed by atoms with E-state index in [4.69, 9.17) is 4.74 Å². The van der Waals surface area contributed by atoms with E-state index in [1.165, 1.54) is 32.8 Å². The molecule has 1 aliphatic rings. The monoisotopic (exact) mass is 279 g/mol. The normalized spacial score (nSPS) is 26.5. The van der Waals surface area contributed by atoms with Crippen molar-refractivity contribution in [2.75, 3.05) is 20.7 Å². The molecule has 0 radical (unpaired) electrons. The second-order valence-electron chi connectivity index (χ2n) is 5.91. The molecule has 0 bridgehead atoms. The molecule has 1 N–H and O–H groups in total. The highest BCUT2D eigenvalue weighted by Gasteiger charge is 2.30. The average molecular weight is 279 g/mol. The Morgan fingerprint density at radius 1 is 1.35 bits per heavy atom. The van der Waals surface area contributed by atoms with E-state index in [9.17, 15) is 4.39 Å². The van der Waals surface area contributed by atoms with E-state index < -0.39 is 0 Å². The van der Waals surface area contributed by atoms with Crippen LogP contribution < -0.4 is 10.1 Å². The molecule has 2 nitrogen and oxygen atoms in total. The molecule has 112 valence electrons. The van der Waals surface area contributed by atoms with E-state index in [0.717, 1.165) is 18.0 Å². The lowest BCUT2D eigenvalue weighted by Gasteiger charge is -2.36. The van der Waals surface area contributed by atoms with E-state index in [2.05, 4.69) is 12.2 Å². The van der Waals surface area contributed by atoms with Crippen molar-refractivity contribution in [3.05, 3.63) is 29.6 Å². The first-order valence-corrected chi connectivity index (χ1v) is 7.67. The number of methoxy groups -OCH3 is 1. The lowest BCUT2D eigenvalue weighted by atomic mass is 9.70. The van der Waals surface area contributed by atoms with Gasteiger partial charge in [0.05, 0.1) is 7.11 Å². The van der Waals surface area contributed by atoms with Gasteiger partial charge in [0, 0.05) is 0 Å². The second-order valence-corrected chi connectivity index (χ2v) is 5.91. The third-order valence-corrected chi connectivity index (χ3v) is 4.75. The summed E-state index contributed by atoms with van der Waals surface area (Å²) in [7, 11) is 3.51. The molecule has 1 fully saturated rings. The van der Waals surface area contributed by atoms with Gasteiger partial charge in [-0.15, -0.1) is 0 Å². The molecule has 1 saturated carbocycles. The largest absolute Gasteiger partial charge is 0.494 e. The van der Waals surface area contributed by atoms with Crippen molar-refractivity contribution in [3.8, 4) is 5.75 Å². The van der Waals surface area contributed by atoms with Gasteiger partial charge in [0.1, 0.15) is 0 Å². The highest BCUT2D eigenvalue weighted by molar-refractivity contribution is 5.32. The van der Waals surface area contributed by atoms with Crippen LogP contribution in [0.4, 0.5) is 4.39 Å². The number of hydrogen-bond acceptors (Lipinski definition) is 2. The number of ether oxygens (including phenoxy) is 1. The van der Waals surface area contributed by atoms with Gasteiger partial charge in [0.25, 0.3) is 0 Å². The molecule has 20 heavy (non-hydrogen) atoms. The maximum atomic E-state index is 14.0. The summed E-state index contributed by atoms with van der Waals surface area (Å²) in [6, 6.07) is 5.47. The molecule has 0 spiro atoms. The van der Waals surface area contributed by atoms with Crippen molar-refractivity contribution in [2.45, 2.75) is 38.5 Å². The Labute approximate surface area is 121 Å². The second kappa shape index (κ2) is 7.07. The van der Waals surface area contributed by atoms with E-state index in [1.807, 2.05) is 13.1 Å². The molecule has 1 aliphatic carbocycles. The molecule has 0 heterocycles. The molecule has 0 saturated heterocycles. The average Bonchev–Trinajstić information content (AvgIpc) is 2.48. The Balaban J connectivity index is 2.22. The maximum absolute atomic E-state index is 14.0. The first-order chi connectivity index (χ1) is 9.69. The minimum atomic E-state index is -0.244. The Bertz CT molecular complexity index is 435. The van der Waals surface area contributed by atoms with Gasteiger partial charge in [0.2, 0.25) is 0 Å². The minimum absolute atomic E-state index is 0.244. The van der Waals surface area contributed by atoms with Crippen LogP contribution in [0.3, 0.4) is 0 Å². The predicted octanol–water partition coefficient (Wildman–Crippen LogP) is 3.96. The van der Waals surface area contributed by atoms with Gasteiger partial charge in [0.15, 0.2) is 11.6 Å². The smallest absolute Gasteiger partial charge is 0.165 e. The Morgan fingerprint density at radius 2 is 2.15 bits per heavy atom. The zero-order chi connectivity index (χ0) is 14.5. The maximum Gasteiger partial charge on any atom is 0.165 e. The van der Waals surface area contributed by atoms with Crippen LogP contribution in [0.25, 0.3) is 0 Å². The standard InChI is InChI=1S/C17H26FNO/c1-4-12-5-6-14(11-19-2)15(9-12)13-7-8-17(20-3)16(18)10-13/h7-8,10,12,14-15,19H,4-6,9,11H2,1-3H3. The van der Waals surface area contributed by atoms with Crippen LogP contribution in [-0.2, 0) is 0 Å². The molecular formula is C17H26FNO. The SMILES string of the molecule is CCC1CCC(CNC)C(c2ccc(OC)c(F)c2)C1. The molecule has 3 heteroatoms. The van der Waals surface area contributed by atoms with Gasteiger partial charge in [-0.3, -0.25) is 0 Å². The van der Waals surface area contributed by atoms with Gasteiger partial charge in [-0.2, -0.15) is 0 Å². The summed E-state index contributed by atoms with van der Waals surface area (Å²) in [5, 5.41) is 3.29. The minimum Gasteiger partial charge on any atom is -0.494 e. The zero-order valence-corrected chi connectivity index (χ0v) is 12.8. The fourth-order valence-electron chi connectivity index (χ4n) is 3.52. The molecule has 0 aromatic heterocycles. The third kappa shape index (κ3) is 3.32. The summed E-state index contributed by atoms with van der Waals surface area (Å²) in [5.41, 5.74) is 1.13. The number of hydrogen-bond donors (Lipinski definition) is 1. The van der Waals surface area contributed by atoms with Crippen LogP contribution in [0.15, 0.2) is 18.2 Å². The molecule has 3 atom stereocenters. The molecule has 1 aromatic rings.